The van der Waals surface area contributed by atoms with Crippen molar-refractivity contribution in [2.24, 2.45) is 0 Å². The van der Waals surface area contributed by atoms with Crippen molar-refractivity contribution in [1.82, 2.24) is 19.4 Å². The zero-order chi connectivity index (χ0) is 21.5. The number of alkyl halides is 1. The lowest BCUT2D eigenvalue weighted by atomic mass is 10.1. The van der Waals surface area contributed by atoms with Crippen LogP contribution in [0.2, 0.25) is 0 Å². The van der Waals surface area contributed by atoms with E-state index in [-0.39, 0.29) is 0 Å². The molecule has 4 heterocycles. The van der Waals surface area contributed by atoms with Crippen LogP contribution in [0.5, 0.6) is 5.75 Å². The van der Waals surface area contributed by atoms with Gasteiger partial charge >= 0.3 is 0 Å². The molecule has 5 aromatic rings. The number of benzene rings is 1. The Hall–Kier alpha value is -3.80. The molecule has 0 bridgehead atoms. The SMILES string of the molecule is F[C@@H]1CCC[C@@H]1Oc1cccc2ccc(-c3cnc4cc(-c5cccnc5)ccn34)nc12. The van der Waals surface area contributed by atoms with Gasteiger partial charge in [0, 0.05) is 29.5 Å². The van der Waals surface area contributed by atoms with Crippen molar-refractivity contribution in [3.05, 3.63) is 79.4 Å². The van der Waals surface area contributed by atoms with E-state index in [4.69, 9.17) is 9.72 Å². The first-order valence-electron chi connectivity index (χ1n) is 10.8. The van der Waals surface area contributed by atoms with Gasteiger partial charge in [-0.1, -0.05) is 24.3 Å². The fourth-order valence-corrected chi connectivity index (χ4v) is 4.42. The number of imidazole rings is 1. The van der Waals surface area contributed by atoms with Crippen LogP contribution >= 0.6 is 0 Å². The fraction of sp³-hybridized carbons (Fsp3) is 0.192. The number of para-hydroxylation sites is 1. The Morgan fingerprint density at radius 2 is 1.94 bits per heavy atom. The second kappa shape index (κ2) is 7.71. The molecule has 0 amide bonds. The van der Waals surface area contributed by atoms with Crippen molar-refractivity contribution < 1.29 is 9.13 Å². The predicted octanol–water partition coefficient (Wildman–Crippen LogP) is 5.88. The van der Waals surface area contributed by atoms with Crippen molar-refractivity contribution in [3.8, 4) is 28.3 Å². The number of nitrogens with zero attached hydrogens (tertiary/aromatic N) is 4. The lowest BCUT2D eigenvalue weighted by Crippen LogP contribution is -2.22. The highest BCUT2D eigenvalue weighted by atomic mass is 19.1. The Morgan fingerprint density at radius 1 is 0.969 bits per heavy atom. The molecule has 6 heteroatoms. The van der Waals surface area contributed by atoms with Gasteiger partial charge in [0.05, 0.1) is 17.6 Å². The lowest BCUT2D eigenvalue weighted by molar-refractivity contribution is 0.127. The number of pyridine rings is 3. The van der Waals surface area contributed by atoms with Gasteiger partial charge in [0.2, 0.25) is 0 Å². The van der Waals surface area contributed by atoms with Crippen LogP contribution in [0.1, 0.15) is 19.3 Å². The summed E-state index contributed by atoms with van der Waals surface area (Å²) in [5, 5.41) is 0.965. The van der Waals surface area contributed by atoms with Gasteiger partial charge in [0.1, 0.15) is 29.2 Å². The molecule has 0 radical (unpaired) electrons. The third-order valence-electron chi connectivity index (χ3n) is 6.10. The zero-order valence-electron chi connectivity index (χ0n) is 17.4. The van der Waals surface area contributed by atoms with Gasteiger partial charge in [-0.3, -0.25) is 9.38 Å². The van der Waals surface area contributed by atoms with E-state index in [1.54, 1.807) is 6.20 Å². The average Bonchev–Trinajstić information content (AvgIpc) is 3.45. The normalized spacial score (nSPS) is 18.4. The standard InChI is InChI=1S/C26H21FN4O/c27-20-6-2-7-23(20)32-24-8-1-4-17-9-10-21(30-26(17)24)22-16-29-25-14-18(11-13-31(22)25)19-5-3-12-28-15-19/h1,3-5,8-16,20,23H,2,6-7H2/t20-,23+/m1/s1. The molecule has 0 unspecified atom stereocenters. The number of halogens is 1. The van der Waals surface area contributed by atoms with Gasteiger partial charge in [-0.15, -0.1) is 0 Å². The molecule has 0 aliphatic heterocycles. The molecular formula is C26H21FN4O. The minimum absolute atomic E-state index is 0.396. The van der Waals surface area contributed by atoms with Crippen molar-refractivity contribution in [2.45, 2.75) is 31.5 Å². The molecule has 0 saturated heterocycles. The second-order valence-corrected chi connectivity index (χ2v) is 8.16. The van der Waals surface area contributed by atoms with Crippen LogP contribution in [0.3, 0.4) is 0 Å². The predicted molar refractivity (Wildman–Crippen MR) is 122 cm³/mol. The molecule has 0 N–H and O–H groups in total. The fourth-order valence-electron chi connectivity index (χ4n) is 4.42. The monoisotopic (exact) mass is 424 g/mol. The van der Waals surface area contributed by atoms with E-state index in [9.17, 15) is 4.39 Å². The molecular weight excluding hydrogens is 403 g/mol. The summed E-state index contributed by atoms with van der Waals surface area (Å²) in [7, 11) is 0. The average molecular weight is 424 g/mol. The number of aromatic nitrogens is 4. The van der Waals surface area contributed by atoms with Crippen LogP contribution in [0.15, 0.2) is 79.4 Å². The van der Waals surface area contributed by atoms with Crippen LogP contribution in [0, 0.1) is 0 Å². The smallest absolute Gasteiger partial charge is 0.146 e. The van der Waals surface area contributed by atoms with E-state index in [0.29, 0.717) is 12.2 Å². The Balaban J connectivity index is 1.40. The van der Waals surface area contributed by atoms with Crippen molar-refractivity contribution >= 4 is 16.6 Å². The first-order valence-corrected chi connectivity index (χ1v) is 10.8. The summed E-state index contributed by atoms with van der Waals surface area (Å²) >= 11 is 0. The maximum atomic E-state index is 14.1. The van der Waals surface area contributed by atoms with Crippen LogP contribution in [0.4, 0.5) is 4.39 Å². The maximum Gasteiger partial charge on any atom is 0.146 e. The van der Waals surface area contributed by atoms with Gasteiger partial charge < -0.3 is 4.74 Å². The summed E-state index contributed by atoms with van der Waals surface area (Å²) in [4.78, 5) is 13.7. The van der Waals surface area contributed by atoms with Gasteiger partial charge in [-0.05, 0) is 55.2 Å². The summed E-state index contributed by atoms with van der Waals surface area (Å²) in [6.45, 7) is 0. The van der Waals surface area contributed by atoms with E-state index in [2.05, 4.69) is 9.97 Å². The van der Waals surface area contributed by atoms with Crippen LogP contribution in [-0.4, -0.2) is 31.6 Å². The largest absolute Gasteiger partial charge is 0.485 e. The second-order valence-electron chi connectivity index (χ2n) is 8.16. The van der Waals surface area contributed by atoms with E-state index in [1.165, 1.54) is 0 Å². The Morgan fingerprint density at radius 3 is 2.78 bits per heavy atom. The minimum atomic E-state index is -0.916. The van der Waals surface area contributed by atoms with Crippen molar-refractivity contribution in [1.29, 1.82) is 0 Å². The highest BCUT2D eigenvalue weighted by Crippen LogP contribution is 2.32. The third kappa shape index (κ3) is 3.28. The summed E-state index contributed by atoms with van der Waals surface area (Å²) in [5.41, 5.74) is 5.35. The number of ether oxygens (including phenoxy) is 1. The van der Waals surface area contributed by atoms with Gasteiger partial charge in [-0.2, -0.15) is 0 Å². The molecule has 0 spiro atoms. The molecule has 4 aromatic heterocycles. The maximum absolute atomic E-state index is 14.1. The molecule has 158 valence electrons. The highest BCUT2D eigenvalue weighted by Gasteiger charge is 2.29. The number of hydrogen-bond acceptors (Lipinski definition) is 4. The molecule has 1 aliphatic carbocycles. The molecule has 2 atom stereocenters. The minimum Gasteiger partial charge on any atom is -0.485 e. The number of hydrogen-bond donors (Lipinski definition) is 0. The van der Waals surface area contributed by atoms with Gasteiger partial charge in [0.25, 0.3) is 0 Å². The quantitative estimate of drug-likeness (QED) is 0.361. The van der Waals surface area contributed by atoms with Crippen molar-refractivity contribution in [2.75, 3.05) is 0 Å². The van der Waals surface area contributed by atoms with E-state index < -0.39 is 12.3 Å². The van der Waals surface area contributed by atoms with E-state index >= 15 is 0 Å². The molecule has 5 nitrogen and oxygen atoms in total. The summed E-state index contributed by atoms with van der Waals surface area (Å²) < 4.78 is 22.2. The first-order chi connectivity index (χ1) is 15.8. The molecule has 1 aromatic carbocycles. The summed E-state index contributed by atoms with van der Waals surface area (Å²) in [6.07, 6.45) is 8.29. The van der Waals surface area contributed by atoms with Crippen LogP contribution < -0.4 is 4.74 Å². The van der Waals surface area contributed by atoms with E-state index in [0.717, 1.165) is 51.9 Å². The Labute approximate surface area is 184 Å². The summed E-state index contributed by atoms with van der Waals surface area (Å²) in [6, 6.07) is 17.8. The Kier molecular flexibility index (Phi) is 4.56. The molecule has 32 heavy (non-hydrogen) atoms. The van der Waals surface area contributed by atoms with Gasteiger partial charge in [-0.25, -0.2) is 14.4 Å². The van der Waals surface area contributed by atoms with Gasteiger partial charge in [0.15, 0.2) is 0 Å². The first kappa shape index (κ1) is 18.9. The van der Waals surface area contributed by atoms with E-state index in [1.807, 2.05) is 77.6 Å². The van der Waals surface area contributed by atoms with Crippen LogP contribution in [0.25, 0.3) is 39.1 Å². The topological polar surface area (TPSA) is 52.3 Å². The molecule has 1 aliphatic rings. The molecule has 1 fully saturated rings. The zero-order valence-corrected chi connectivity index (χ0v) is 17.4. The lowest BCUT2D eigenvalue weighted by Gasteiger charge is -2.17. The molecule has 1 saturated carbocycles. The van der Waals surface area contributed by atoms with Crippen LogP contribution in [-0.2, 0) is 0 Å². The van der Waals surface area contributed by atoms with Crippen molar-refractivity contribution in [3.63, 3.8) is 0 Å². The highest BCUT2D eigenvalue weighted by molar-refractivity contribution is 5.86. The third-order valence-corrected chi connectivity index (χ3v) is 6.10. The summed E-state index contributed by atoms with van der Waals surface area (Å²) in [5.74, 6) is 0.631. The molecule has 6 rings (SSSR count). The number of rotatable bonds is 4. The number of fused-ring (bicyclic) bond motifs is 2. The Bertz CT molecular complexity index is 1420.